The Hall–Kier alpha value is -2.71. The maximum absolute atomic E-state index is 5.05. The zero-order chi connectivity index (χ0) is 27.7. The molecule has 2 fully saturated rings. The van der Waals surface area contributed by atoms with E-state index in [1.165, 1.54) is 70.9 Å². The third-order valence-electron chi connectivity index (χ3n) is 9.89. The van der Waals surface area contributed by atoms with Crippen LogP contribution in [0.5, 0.6) is 0 Å². The first-order valence-electron chi connectivity index (χ1n) is 15.8. The van der Waals surface area contributed by atoms with Gasteiger partial charge in [0.15, 0.2) is 0 Å². The van der Waals surface area contributed by atoms with Gasteiger partial charge in [-0.1, -0.05) is 39.7 Å². The molecule has 2 aromatic heterocycles. The monoisotopic (exact) mass is 544 g/mol. The van der Waals surface area contributed by atoms with Gasteiger partial charge >= 0.3 is 0 Å². The van der Waals surface area contributed by atoms with Gasteiger partial charge in [0.05, 0.1) is 22.5 Å². The number of anilines is 1. The van der Waals surface area contributed by atoms with Gasteiger partial charge in [-0.3, -0.25) is 4.90 Å². The highest BCUT2D eigenvalue weighted by atomic mass is 15.3. The Morgan fingerprint density at radius 3 is 2.55 bits per heavy atom. The fourth-order valence-electron chi connectivity index (χ4n) is 7.62. The van der Waals surface area contributed by atoms with E-state index in [0.29, 0.717) is 5.95 Å². The molecular weight excluding hydrogens is 496 g/mol. The first kappa shape index (κ1) is 27.5. The summed E-state index contributed by atoms with van der Waals surface area (Å²) in [5.41, 5.74) is 3.17. The number of nitrogens with zero attached hydrogens (tertiary/aromatic N) is 6. The molecule has 1 atom stereocenters. The summed E-state index contributed by atoms with van der Waals surface area (Å²) in [5.74, 6) is 1.45. The van der Waals surface area contributed by atoms with E-state index in [-0.39, 0.29) is 11.1 Å². The molecular formula is C32H48N8. The Kier molecular flexibility index (Phi) is 7.75. The minimum Gasteiger partial charge on any atom is -0.381 e. The molecule has 8 nitrogen and oxygen atoms in total. The molecule has 1 saturated heterocycles. The Balaban J connectivity index is 1.14. The molecule has 8 heteroatoms. The van der Waals surface area contributed by atoms with Crippen LogP contribution < -0.4 is 10.6 Å². The van der Waals surface area contributed by atoms with Crippen molar-refractivity contribution in [3.05, 3.63) is 36.4 Å². The molecule has 0 amide bonds. The van der Waals surface area contributed by atoms with Crippen LogP contribution in [0.25, 0.3) is 16.7 Å². The number of rotatable bonds is 8. The quantitative estimate of drug-likeness (QED) is 0.442. The van der Waals surface area contributed by atoms with E-state index in [1.54, 1.807) is 0 Å². The molecule has 0 radical (unpaired) electrons. The van der Waals surface area contributed by atoms with Crippen molar-refractivity contribution in [2.75, 3.05) is 38.0 Å². The third-order valence-corrected chi connectivity index (χ3v) is 9.89. The van der Waals surface area contributed by atoms with Gasteiger partial charge in [0.2, 0.25) is 5.95 Å². The number of piperidine rings is 1. The predicted molar refractivity (Wildman–Crippen MR) is 166 cm³/mol. The van der Waals surface area contributed by atoms with Crippen molar-refractivity contribution < 1.29 is 0 Å². The maximum Gasteiger partial charge on any atom is 0.230 e. The number of hydrogen-bond donors (Lipinski definition) is 2. The number of likely N-dealkylation sites (tertiary alicyclic amines) is 1. The molecule has 4 aliphatic rings. The van der Waals surface area contributed by atoms with Crippen LogP contribution in [0.3, 0.4) is 0 Å². The fraction of sp³-hybridized carbons (Fsp3) is 0.656. The van der Waals surface area contributed by atoms with Gasteiger partial charge in [-0.25, -0.2) is 9.98 Å². The summed E-state index contributed by atoms with van der Waals surface area (Å²) in [6, 6.07) is 2.92. The van der Waals surface area contributed by atoms with Crippen molar-refractivity contribution >= 4 is 28.9 Å². The zero-order valence-corrected chi connectivity index (χ0v) is 24.9. The maximum atomic E-state index is 5.05. The number of aromatic nitrogens is 3. The lowest BCUT2D eigenvalue weighted by molar-refractivity contribution is 0.0706. The fourth-order valence-corrected chi connectivity index (χ4v) is 7.62. The molecule has 1 aliphatic carbocycles. The van der Waals surface area contributed by atoms with Crippen LogP contribution >= 0.6 is 0 Å². The second kappa shape index (κ2) is 11.3. The molecule has 216 valence electrons. The number of aliphatic imine (C=N–C) groups is 1. The zero-order valence-electron chi connectivity index (χ0n) is 24.9. The van der Waals surface area contributed by atoms with E-state index in [4.69, 9.17) is 9.98 Å². The highest BCUT2D eigenvalue weighted by molar-refractivity contribution is 5.84. The largest absolute Gasteiger partial charge is 0.381 e. The van der Waals surface area contributed by atoms with Crippen molar-refractivity contribution in [1.82, 2.24) is 29.7 Å². The van der Waals surface area contributed by atoms with Gasteiger partial charge in [0.25, 0.3) is 0 Å². The molecule has 0 aromatic carbocycles. The smallest absolute Gasteiger partial charge is 0.230 e. The molecule has 40 heavy (non-hydrogen) atoms. The van der Waals surface area contributed by atoms with Crippen LogP contribution in [0, 0.1) is 0 Å². The highest BCUT2D eigenvalue weighted by Crippen LogP contribution is 2.42. The first-order chi connectivity index (χ1) is 19.4. The predicted octanol–water partition coefficient (Wildman–Crippen LogP) is 5.74. The molecule has 2 N–H and O–H groups in total. The Morgan fingerprint density at radius 2 is 1.88 bits per heavy atom. The van der Waals surface area contributed by atoms with Crippen molar-refractivity contribution in [2.45, 2.75) is 102 Å². The molecule has 1 spiro atoms. The number of hydrogen-bond acceptors (Lipinski definition) is 7. The van der Waals surface area contributed by atoms with Gasteiger partial charge in [0, 0.05) is 43.5 Å². The van der Waals surface area contributed by atoms with Crippen LogP contribution in [0.1, 0.15) is 90.7 Å². The summed E-state index contributed by atoms with van der Waals surface area (Å²) in [6.07, 6.45) is 18.4. The van der Waals surface area contributed by atoms with Gasteiger partial charge in [-0.15, -0.1) is 0 Å². The second-order valence-corrected chi connectivity index (χ2v) is 12.7. The average Bonchev–Trinajstić information content (AvgIpc) is 3.38. The summed E-state index contributed by atoms with van der Waals surface area (Å²) >= 11 is 0. The SMILES string of the molecule is C=C1NCC2(CCCCC2)n2c1cc1cnc(NC3=CCC(C)(N4CCC(N(CCC)CCC)CC4)C=N3)nc12. The minimum atomic E-state index is -0.0391. The van der Waals surface area contributed by atoms with Crippen LogP contribution in [-0.4, -0.2) is 74.9 Å². The van der Waals surface area contributed by atoms with Crippen molar-refractivity contribution in [3.8, 4) is 0 Å². The lowest BCUT2D eigenvalue weighted by Gasteiger charge is -2.45. The van der Waals surface area contributed by atoms with E-state index >= 15 is 0 Å². The summed E-state index contributed by atoms with van der Waals surface area (Å²) in [4.78, 5) is 20.0. The Labute approximate surface area is 240 Å². The number of nitrogens with one attached hydrogen (secondary N) is 2. The molecule has 2 aromatic rings. The van der Waals surface area contributed by atoms with Crippen LogP contribution in [0.2, 0.25) is 0 Å². The minimum absolute atomic E-state index is 0.0391. The van der Waals surface area contributed by atoms with Crippen molar-refractivity contribution in [3.63, 3.8) is 0 Å². The molecule has 6 rings (SSSR count). The van der Waals surface area contributed by atoms with Gasteiger partial charge < -0.3 is 20.1 Å². The van der Waals surface area contributed by atoms with Gasteiger partial charge in [-0.05, 0) is 77.1 Å². The second-order valence-electron chi connectivity index (χ2n) is 12.7. The summed E-state index contributed by atoms with van der Waals surface area (Å²) in [7, 11) is 0. The molecule has 0 bridgehead atoms. The Morgan fingerprint density at radius 1 is 1.12 bits per heavy atom. The molecule has 1 unspecified atom stereocenters. The lowest BCUT2D eigenvalue weighted by atomic mass is 9.80. The average molecular weight is 545 g/mol. The van der Waals surface area contributed by atoms with Gasteiger partial charge in [0.1, 0.15) is 11.5 Å². The van der Waals surface area contributed by atoms with Crippen LogP contribution in [0.15, 0.2) is 35.7 Å². The summed E-state index contributed by atoms with van der Waals surface area (Å²) < 4.78 is 2.47. The normalized spacial score (nSPS) is 25.3. The topological polar surface area (TPSA) is 73.6 Å². The van der Waals surface area contributed by atoms with E-state index in [1.807, 2.05) is 6.20 Å². The van der Waals surface area contributed by atoms with Crippen LogP contribution in [0.4, 0.5) is 5.95 Å². The third kappa shape index (κ3) is 5.09. The molecule has 1 saturated carbocycles. The van der Waals surface area contributed by atoms with Crippen molar-refractivity contribution in [2.24, 2.45) is 4.99 Å². The van der Waals surface area contributed by atoms with Gasteiger partial charge in [-0.2, -0.15) is 4.98 Å². The van der Waals surface area contributed by atoms with Crippen molar-refractivity contribution in [1.29, 1.82) is 0 Å². The van der Waals surface area contributed by atoms with E-state index in [9.17, 15) is 0 Å². The first-order valence-corrected chi connectivity index (χ1v) is 15.8. The molecule has 3 aliphatic heterocycles. The van der Waals surface area contributed by atoms with E-state index < -0.39 is 0 Å². The number of fused-ring (bicyclic) bond motifs is 4. The lowest BCUT2D eigenvalue weighted by Crippen LogP contribution is -2.54. The Bertz CT molecular complexity index is 1270. The summed E-state index contributed by atoms with van der Waals surface area (Å²) in [6.45, 7) is 16.9. The highest BCUT2D eigenvalue weighted by Gasteiger charge is 2.40. The summed E-state index contributed by atoms with van der Waals surface area (Å²) in [5, 5.41) is 8.08. The van der Waals surface area contributed by atoms with E-state index in [0.717, 1.165) is 60.3 Å². The molecule has 5 heterocycles. The van der Waals surface area contributed by atoms with E-state index in [2.05, 4.69) is 75.7 Å². The standard InChI is InChI=1S/C32H48N8/c1-5-16-38(17-6-2)26-11-18-39(19-12-26)31(4)15-10-28(35-22-31)36-30-33-21-25-20-27-24(3)34-23-32(13-8-7-9-14-32)40(27)29(25)37-30/h10,20-22,26,34H,3,5-9,11-19,23H2,1-2,4H3,(H,33,36,37). The van der Waals surface area contributed by atoms with Crippen LogP contribution in [-0.2, 0) is 5.54 Å².